The lowest BCUT2D eigenvalue weighted by atomic mass is 9.68. The predicted octanol–water partition coefficient (Wildman–Crippen LogP) is 3.45. The molecule has 104 valence electrons. The maximum absolute atomic E-state index is 11.6. The summed E-state index contributed by atoms with van der Waals surface area (Å²) in [6, 6.07) is 5.49. The van der Waals surface area contributed by atoms with E-state index in [1.165, 1.54) is 25.0 Å². The van der Waals surface area contributed by atoms with Crippen LogP contribution in [0.2, 0.25) is 0 Å². The molecule has 3 nitrogen and oxygen atoms in total. The van der Waals surface area contributed by atoms with Crippen molar-refractivity contribution < 1.29 is 0 Å². The Morgan fingerprint density at radius 1 is 1.32 bits per heavy atom. The second kappa shape index (κ2) is 6.18. The molecule has 1 heterocycles. The molecule has 1 N–H and O–H groups in total. The van der Waals surface area contributed by atoms with Gasteiger partial charge in [0.15, 0.2) is 0 Å². The molecule has 0 unspecified atom stereocenters. The summed E-state index contributed by atoms with van der Waals surface area (Å²) in [5.74, 6) is 0. The predicted molar refractivity (Wildman–Crippen MR) is 80.1 cm³/mol. The van der Waals surface area contributed by atoms with Crippen molar-refractivity contribution in [3.63, 3.8) is 0 Å². The van der Waals surface area contributed by atoms with E-state index in [0.717, 1.165) is 31.5 Å². The lowest BCUT2D eigenvalue weighted by Crippen LogP contribution is -2.38. The van der Waals surface area contributed by atoms with E-state index in [-0.39, 0.29) is 11.0 Å². The standard InChI is InChI=1S/C16H24N2O/c1-3-12-17-13(2)16(10-5-4-6-11-16)14-8-7-9-15(19)18-14/h7-9H,3-6,10-12H2,1-2H3,(H,18,19). The molecule has 1 aromatic rings. The monoisotopic (exact) mass is 260 g/mol. The van der Waals surface area contributed by atoms with E-state index in [9.17, 15) is 4.79 Å². The van der Waals surface area contributed by atoms with E-state index < -0.39 is 0 Å². The Balaban J connectivity index is 2.42. The molecule has 2 rings (SSSR count). The van der Waals surface area contributed by atoms with Crippen LogP contribution in [0.5, 0.6) is 0 Å². The van der Waals surface area contributed by atoms with Crippen molar-refractivity contribution in [1.82, 2.24) is 4.98 Å². The number of pyridine rings is 1. The molecule has 1 aliphatic carbocycles. The highest BCUT2D eigenvalue weighted by Crippen LogP contribution is 2.39. The van der Waals surface area contributed by atoms with Crippen LogP contribution < -0.4 is 5.56 Å². The van der Waals surface area contributed by atoms with Crippen LogP contribution in [-0.4, -0.2) is 17.2 Å². The number of rotatable bonds is 4. The van der Waals surface area contributed by atoms with Gasteiger partial charge in [0.2, 0.25) is 5.56 Å². The van der Waals surface area contributed by atoms with Gasteiger partial charge in [-0.1, -0.05) is 32.3 Å². The third kappa shape index (κ3) is 2.96. The summed E-state index contributed by atoms with van der Waals surface area (Å²) in [6.07, 6.45) is 7.00. The first-order chi connectivity index (χ1) is 9.19. The molecule has 3 heteroatoms. The first-order valence-corrected chi connectivity index (χ1v) is 7.40. The maximum Gasteiger partial charge on any atom is 0.248 e. The maximum atomic E-state index is 11.6. The number of nitrogens with one attached hydrogen (secondary N) is 1. The van der Waals surface area contributed by atoms with Crippen molar-refractivity contribution in [3.05, 3.63) is 34.2 Å². The fourth-order valence-corrected chi connectivity index (χ4v) is 3.14. The number of aromatic amines is 1. The van der Waals surface area contributed by atoms with Crippen LogP contribution >= 0.6 is 0 Å². The van der Waals surface area contributed by atoms with Crippen LogP contribution in [0.1, 0.15) is 58.1 Å². The Hall–Kier alpha value is -1.38. The van der Waals surface area contributed by atoms with Crippen molar-refractivity contribution in [2.45, 2.75) is 57.8 Å². The van der Waals surface area contributed by atoms with Crippen molar-refractivity contribution >= 4 is 5.71 Å². The Morgan fingerprint density at radius 3 is 2.68 bits per heavy atom. The summed E-state index contributed by atoms with van der Waals surface area (Å²) < 4.78 is 0. The fraction of sp³-hybridized carbons (Fsp3) is 0.625. The lowest BCUT2D eigenvalue weighted by Gasteiger charge is -2.37. The van der Waals surface area contributed by atoms with E-state index in [0.29, 0.717) is 0 Å². The molecule has 0 amide bonds. The first kappa shape index (κ1) is 14.0. The van der Waals surface area contributed by atoms with Crippen molar-refractivity contribution in [2.75, 3.05) is 6.54 Å². The van der Waals surface area contributed by atoms with Gasteiger partial charge in [0.25, 0.3) is 0 Å². The molecule has 1 saturated carbocycles. The van der Waals surface area contributed by atoms with Crippen LogP contribution in [-0.2, 0) is 5.41 Å². The topological polar surface area (TPSA) is 45.2 Å². The minimum atomic E-state index is -0.0339. The molecule has 1 aliphatic rings. The SMILES string of the molecule is CCCN=C(C)C1(c2cccc(=O)[nH]2)CCCCC1. The molecular formula is C16H24N2O. The van der Waals surface area contributed by atoms with Gasteiger partial charge < -0.3 is 4.98 Å². The summed E-state index contributed by atoms with van der Waals surface area (Å²) in [5, 5.41) is 0. The minimum Gasteiger partial charge on any atom is -0.325 e. The first-order valence-electron chi connectivity index (χ1n) is 7.40. The summed E-state index contributed by atoms with van der Waals surface area (Å²) in [7, 11) is 0. The molecule has 1 aromatic heterocycles. The molecule has 0 atom stereocenters. The number of hydrogen-bond acceptors (Lipinski definition) is 2. The van der Waals surface area contributed by atoms with Gasteiger partial charge in [0, 0.05) is 29.4 Å². The summed E-state index contributed by atoms with van der Waals surface area (Å²) >= 11 is 0. The van der Waals surface area contributed by atoms with E-state index >= 15 is 0 Å². The molecule has 0 aromatic carbocycles. The summed E-state index contributed by atoms with van der Waals surface area (Å²) in [4.78, 5) is 19.4. The van der Waals surface area contributed by atoms with Crippen molar-refractivity contribution in [2.24, 2.45) is 4.99 Å². The second-order valence-electron chi connectivity index (χ2n) is 5.54. The Bertz CT molecular complexity index is 495. The molecule has 0 spiro atoms. The molecule has 1 fully saturated rings. The highest BCUT2D eigenvalue weighted by Gasteiger charge is 2.37. The zero-order valence-corrected chi connectivity index (χ0v) is 12.0. The van der Waals surface area contributed by atoms with Gasteiger partial charge in [-0.25, -0.2) is 0 Å². The number of nitrogens with zero attached hydrogens (tertiary/aromatic N) is 1. The van der Waals surface area contributed by atoms with Gasteiger partial charge in [-0.2, -0.15) is 0 Å². The normalized spacial score (nSPS) is 19.4. The van der Waals surface area contributed by atoms with Gasteiger partial charge in [0.1, 0.15) is 0 Å². The van der Waals surface area contributed by atoms with Crippen LogP contribution in [0.4, 0.5) is 0 Å². The highest BCUT2D eigenvalue weighted by atomic mass is 16.1. The number of aliphatic imine (C=N–C) groups is 1. The van der Waals surface area contributed by atoms with Crippen LogP contribution in [0.3, 0.4) is 0 Å². The second-order valence-corrected chi connectivity index (χ2v) is 5.54. The minimum absolute atomic E-state index is 0.00857. The van der Waals surface area contributed by atoms with Crippen molar-refractivity contribution in [3.8, 4) is 0 Å². The van der Waals surface area contributed by atoms with E-state index in [1.54, 1.807) is 6.07 Å². The zero-order valence-electron chi connectivity index (χ0n) is 12.0. The van der Waals surface area contributed by atoms with Crippen molar-refractivity contribution in [1.29, 1.82) is 0 Å². The van der Waals surface area contributed by atoms with Gasteiger partial charge in [-0.05, 0) is 32.3 Å². The highest BCUT2D eigenvalue weighted by molar-refractivity contribution is 5.92. The van der Waals surface area contributed by atoms with Crippen LogP contribution in [0, 0.1) is 0 Å². The molecule has 0 bridgehead atoms. The fourth-order valence-electron chi connectivity index (χ4n) is 3.14. The smallest absolute Gasteiger partial charge is 0.248 e. The molecule has 0 aliphatic heterocycles. The van der Waals surface area contributed by atoms with Crippen LogP contribution in [0.15, 0.2) is 28.0 Å². The molecule has 19 heavy (non-hydrogen) atoms. The van der Waals surface area contributed by atoms with Gasteiger partial charge in [-0.3, -0.25) is 9.79 Å². The zero-order chi connectivity index (χ0) is 13.7. The van der Waals surface area contributed by atoms with Gasteiger partial charge >= 0.3 is 0 Å². The summed E-state index contributed by atoms with van der Waals surface area (Å²) in [5.41, 5.74) is 2.20. The van der Waals surface area contributed by atoms with E-state index in [4.69, 9.17) is 4.99 Å². The number of H-pyrrole nitrogens is 1. The van der Waals surface area contributed by atoms with Gasteiger partial charge in [-0.15, -0.1) is 0 Å². The molecule has 0 radical (unpaired) electrons. The molecular weight excluding hydrogens is 236 g/mol. The lowest BCUT2D eigenvalue weighted by molar-refractivity contribution is 0.370. The van der Waals surface area contributed by atoms with E-state index in [1.807, 2.05) is 6.07 Å². The summed E-state index contributed by atoms with van der Waals surface area (Å²) in [6.45, 7) is 5.16. The Morgan fingerprint density at radius 2 is 2.05 bits per heavy atom. The average molecular weight is 260 g/mol. The van der Waals surface area contributed by atoms with E-state index in [2.05, 4.69) is 24.9 Å². The third-order valence-corrected chi connectivity index (χ3v) is 4.26. The quantitative estimate of drug-likeness (QED) is 0.828. The Kier molecular flexibility index (Phi) is 4.56. The average Bonchev–Trinajstić information content (AvgIpc) is 2.45. The van der Waals surface area contributed by atoms with Crippen LogP contribution in [0.25, 0.3) is 0 Å². The number of aromatic nitrogens is 1. The largest absolute Gasteiger partial charge is 0.325 e. The Labute approximate surface area is 115 Å². The van der Waals surface area contributed by atoms with Gasteiger partial charge in [0.05, 0.1) is 0 Å². The number of hydrogen-bond donors (Lipinski definition) is 1. The third-order valence-electron chi connectivity index (χ3n) is 4.26. The molecule has 0 saturated heterocycles.